The Bertz CT molecular complexity index is 802. The average Bonchev–Trinajstić information content (AvgIpc) is 3.39. The predicted octanol–water partition coefficient (Wildman–Crippen LogP) is 3.69. The standard InChI is InChI=1S/C21H30ClN5O2/c1-23-20(25-15-21(11-13-28-2)9-3-4-10-21)24-12-8-18-26-19(27-29-18)16-6-5-7-17(22)14-16/h5-7,14H,3-4,8-13,15H2,1-2H3,(H2,23,24,25). The summed E-state index contributed by atoms with van der Waals surface area (Å²) in [7, 11) is 3.56. The average molecular weight is 420 g/mol. The normalized spacial score (nSPS) is 16.2. The van der Waals surface area contributed by atoms with Crippen LogP contribution >= 0.6 is 11.6 Å². The van der Waals surface area contributed by atoms with Crippen molar-refractivity contribution in [2.45, 2.75) is 38.5 Å². The molecule has 2 N–H and O–H groups in total. The summed E-state index contributed by atoms with van der Waals surface area (Å²) in [5.41, 5.74) is 1.15. The molecule has 158 valence electrons. The highest BCUT2D eigenvalue weighted by Gasteiger charge is 2.33. The lowest BCUT2D eigenvalue weighted by molar-refractivity contribution is 0.138. The van der Waals surface area contributed by atoms with Crippen molar-refractivity contribution in [1.82, 2.24) is 20.8 Å². The molecule has 0 spiro atoms. The highest BCUT2D eigenvalue weighted by Crippen LogP contribution is 2.40. The Morgan fingerprint density at radius 1 is 1.31 bits per heavy atom. The van der Waals surface area contributed by atoms with E-state index in [1.54, 1.807) is 14.2 Å². The Hall–Kier alpha value is -2.12. The molecule has 1 heterocycles. The highest BCUT2D eigenvalue weighted by molar-refractivity contribution is 6.30. The number of hydrogen-bond donors (Lipinski definition) is 2. The molecule has 0 unspecified atom stereocenters. The van der Waals surface area contributed by atoms with Gasteiger partial charge in [0.2, 0.25) is 11.7 Å². The van der Waals surface area contributed by atoms with Crippen LogP contribution in [-0.4, -0.2) is 50.0 Å². The molecule has 2 aromatic rings. The van der Waals surface area contributed by atoms with Crippen LogP contribution in [0.5, 0.6) is 0 Å². The second-order valence-electron chi connectivity index (χ2n) is 7.57. The van der Waals surface area contributed by atoms with Crippen LogP contribution in [0.1, 0.15) is 38.0 Å². The molecule has 0 amide bonds. The van der Waals surface area contributed by atoms with Crippen molar-refractivity contribution in [3.63, 3.8) is 0 Å². The maximum Gasteiger partial charge on any atom is 0.228 e. The number of methoxy groups -OCH3 is 1. The van der Waals surface area contributed by atoms with Gasteiger partial charge >= 0.3 is 0 Å². The number of halogens is 1. The van der Waals surface area contributed by atoms with Gasteiger partial charge in [0.25, 0.3) is 0 Å². The van der Waals surface area contributed by atoms with E-state index >= 15 is 0 Å². The first-order valence-corrected chi connectivity index (χ1v) is 10.5. The fourth-order valence-corrected chi connectivity index (χ4v) is 4.03. The van der Waals surface area contributed by atoms with E-state index < -0.39 is 0 Å². The van der Waals surface area contributed by atoms with Gasteiger partial charge in [-0.15, -0.1) is 0 Å². The Morgan fingerprint density at radius 3 is 2.86 bits per heavy atom. The molecule has 0 radical (unpaired) electrons. The van der Waals surface area contributed by atoms with Gasteiger partial charge < -0.3 is 19.9 Å². The SMILES string of the molecule is CN=C(NCCc1nc(-c2cccc(Cl)c2)no1)NCC1(CCOC)CCCC1. The van der Waals surface area contributed by atoms with Crippen LogP contribution in [0.2, 0.25) is 5.02 Å². The first kappa shape index (κ1) is 21.6. The molecule has 3 rings (SSSR count). The van der Waals surface area contributed by atoms with Crippen molar-refractivity contribution in [2.24, 2.45) is 10.4 Å². The van der Waals surface area contributed by atoms with E-state index in [0.29, 0.717) is 35.1 Å². The fourth-order valence-electron chi connectivity index (χ4n) is 3.84. The summed E-state index contributed by atoms with van der Waals surface area (Å²) in [6.45, 7) is 2.37. The van der Waals surface area contributed by atoms with E-state index in [1.165, 1.54) is 25.7 Å². The number of aromatic nitrogens is 2. The Balaban J connectivity index is 1.46. The molecule has 8 heteroatoms. The number of nitrogens with zero attached hydrogens (tertiary/aromatic N) is 3. The van der Waals surface area contributed by atoms with Crippen molar-refractivity contribution in [3.05, 3.63) is 35.2 Å². The summed E-state index contributed by atoms with van der Waals surface area (Å²) in [6.07, 6.45) is 6.78. The Morgan fingerprint density at radius 2 is 2.14 bits per heavy atom. The zero-order valence-electron chi connectivity index (χ0n) is 17.2. The van der Waals surface area contributed by atoms with E-state index in [4.69, 9.17) is 20.9 Å². The van der Waals surface area contributed by atoms with Crippen LogP contribution in [0, 0.1) is 5.41 Å². The van der Waals surface area contributed by atoms with Crippen LogP contribution < -0.4 is 10.6 Å². The monoisotopic (exact) mass is 419 g/mol. The van der Waals surface area contributed by atoms with Crippen LogP contribution in [0.3, 0.4) is 0 Å². The summed E-state index contributed by atoms with van der Waals surface area (Å²) in [5, 5.41) is 11.5. The van der Waals surface area contributed by atoms with Gasteiger partial charge in [-0.3, -0.25) is 4.99 Å². The minimum absolute atomic E-state index is 0.311. The third kappa shape index (κ3) is 6.18. The molecule has 1 fully saturated rings. The number of guanidine groups is 1. The number of ether oxygens (including phenoxy) is 1. The van der Waals surface area contributed by atoms with Crippen molar-refractivity contribution in [2.75, 3.05) is 33.9 Å². The molecule has 1 aromatic heterocycles. The number of nitrogens with one attached hydrogen (secondary N) is 2. The van der Waals surface area contributed by atoms with Crippen molar-refractivity contribution >= 4 is 17.6 Å². The van der Waals surface area contributed by atoms with Crippen LogP contribution in [0.4, 0.5) is 0 Å². The molecule has 0 aliphatic heterocycles. The summed E-state index contributed by atoms with van der Waals surface area (Å²) in [5.74, 6) is 1.92. The maximum atomic E-state index is 6.03. The first-order chi connectivity index (χ1) is 14.1. The third-order valence-electron chi connectivity index (χ3n) is 5.54. The Labute approximate surface area is 177 Å². The zero-order valence-corrected chi connectivity index (χ0v) is 18.0. The second-order valence-corrected chi connectivity index (χ2v) is 8.01. The molecule has 1 aliphatic carbocycles. The number of rotatable bonds is 9. The minimum atomic E-state index is 0.311. The van der Waals surface area contributed by atoms with Crippen LogP contribution in [-0.2, 0) is 11.2 Å². The minimum Gasteiger partial charge on any atom is -0.385 e. The van der Waals surface area contributed by atoms with Gasteiger partial charge in [-0.2, -0.15) is 4.98 Å². The highest BCUT2D eigenvalue weighted by atomic mass is 35.5. The van der Waals surface area contributed by atoms with E-state index in [-0.39, 0.29) is 0 Å². The number of benzene rings is 1. The van der Waals surface area contributed by atoms with Crippen LogP contribution in [0.25, 0.3) is 11.4 Å². The summed E-state index contributed by atoms with van der Waals surface area (Å²) in [6, 6.07) is 7.42. The van der Waals surface area contributed by atoms with E-state index in [0.717, 1.165) is 31.1 Å². The van der Waals surface area contributed by atoms with Gasteiger partial charge in [-0.05, 0) is 36.8 Å². The smallest absolute Gasteiger partial charge is 0.228 e. The third-order valence-corrected chi connectivity index (χ3v) is 5.77. The first-order valence-electron chi connectivity index (χ1n) is 10.2. The van der Waals surface area contributed by atoms with E-state index in [2.05, 4.69) is 25.8 Å². The Kier molecular flexibility index (Phi) is 7.89. The van der Waals surface area contributed by atoms with Gasteiger partial charge in [0, 0.05) is 50.9 Å². The lowest BCUT2D eigenvalue weighted by Crippen LogP contribution is -2.43. The topological polar surface area (TPSA) is 84.6 Å². The molecule has 7 nitrogen and oxygen atoms in total. The molecule has 1 aliphatic rings. The number of aliphatic imine (C=N–C) groups is 1. The van der Waals surface area contributed by atoms with Crippen molar-refractivity contribution < 1.29 is 9.26 Å². The molecule has 1 aromatic carbocycles. The lowest BCUT2D eigenvalue weighted by atomic mass is 9.83. The lowest BCUT2D eigenvalue weighted by Gasteiger charge is -2.29. The van der Waals surface area contributed by atoms with Gasteiger partial charge in [0.05, 0.1) is 0 Å². The molecule has 0 saturated heterocycles. The van der Waals surface area contributed by atoms with E-state index in [9.17, 15) is 0 Å². The summed E-state index contributed by atoms with van der Waals surface area (Å²) >= 11 is 6.03. The molecular weight excluding hydrogens is 390 g/mol. The van der Waals surface area contributed by atoms with Gasteiger partial charge in [0.1, 0.15) is 0 Å². The van der Waals surface area contributed by atoms with Gasteiger partial charge in [-0.25, -0.2) is 0 Å². The largest absolute Gasteiger partial charge is 0.385 e. The van der Waals surface area contributed by atoms with Crippen LogP contribution in [0.15, 0.2) is 33.8 Å². The van der Waals surface area contributed by atoms with Gasteiger partial charge in [-0.1, -0.05) is 41.7 Å². The zero-order chi connectivity index (χ0) is 20.5. The quantitative estimate of drug-likeness (QED) is 0.476. The van der Waals surface area contributed by atoms with Crippen molar-refractivity contribution in [1.29, 1.82) is 0 Å². The molecule has 0 atom stereocenters. The molecule has 0 bridgehead atoms. The van der Waals surface area contributed by atoms with E-state index in [1.807, 2.05) is 24.3 Å². The molecule has 1 saturated carbocycles. The number of hydrogen-bond acceptors (Lipinski definition) is 5. The molecular formula is C21H30ClN5O2. The second kappa shape index (κ2) is 10.6. The maximum absolute atomic E-state index is 6.03. The van der Waals surface area contributed by atoms with Crippen molar-refractivity contribution in [3.8, 4) is 11.4 Å². The summed E-state index contributed by atoms with van der Waals surface area (Å²) in [4.78, 5) is 8.78. The van der Waals surface area contributed by atoms with Gasteiger partial charge in [0.15, 0.2) is 5.96 Å². The summed E-state index contributed by atoms with van der Waals surface area (Å²) < 4.78 is 10.7. The fraction of sp³-hybridized carbons (Fsp3) is 0.571. The molecule has 29 heavy (non-hydrogen) atoms. The predicted molar refractivity (Wildman–Crippen MR) is 115 cm³/mol.